The van der Waals surface area contributed by atoms with E-state index in [-0.39, 0.29) is 0 Å². The molecule has 0 rings (SSSR count). The topological polar surface area (TPSA) is 12.4 Å². The van der Waals surface area contributed by atoms with Crippen molar-refractivity contribution in [3.8, 4) is 0 Å². The Hall–Kier alpha value is -0.135. The molecule has 0 amide bonds. The summed E-state index contributed by atoms with van der Waals surface area (Å²) >= 11 is 0. The second kappa shape index (κ2) is 4.72. The average Bonchev–Trinajstić information content (AvgIpc) is 1.83. The third kappa shape index (κ3) is 5.74. The molecule has 0 aromatic heterocycles. The molecule has 52 valence electrons. The molecule has 0 aliphatic rings. The summed E-state index contributed by atoms with van der Waals surface area (Å²) < 4.78 is 0. The minimum atomic E-state index is 0.457. The molecule has 0 bridgehead atoms. The molecule has 0 heterocycles. The Balaban J connectivity index is 3.43. The molecule has 0 aromatic rings. The summed E-state index contributed by atoms with van der Waals surface area (Å²) in [6, 6.07) is 0.457. The van der Waals surface area contributed by atoms with E-state index in [1.54, 1.807) is 0 Å². The second-order valence-electron chi connectivity index (χ2n) is 2.78. The van der Waals surface area contributed by atoms with E-state index in [2.05, 4.69) is 32.6 Å². The SMILES string of the molecule is CCC(C)/B=N\C(C)C. The van der Waals surface area contributed by atoms with Crippen LogP contribution >= 0.6 is 0 Å². The first kappa shape index (κ1) is 8.86. The van der Waals surface area contributed by atoms with Crippen molar-refractivity contribution in [3.05, 3.63) is 0 Å². The third-order valence-electron chi connectivity index (χ3n) is 1.28. The van der Waals surface area contributed by atoms with Crippen LogP contribution in [0.1, 0.15) is 34.1 Å². The van der Waals surface area contributed by atoms with E-state index in [0.717, 1.165) is 0 Å². The van der Waals surface area contributed by atoms with Gasteiger partial charge in [0.05, 0.1) is 0 Å². The Kier molecular flexibility index (Phi) is 4.65. The van der Waals surface area contributed by atoms with Crippen molar-refractivity contribution >= 4 is 7.07 Å². The van der Waals surface area contributed by atoms with Crippen molar-refractivity contribution in [1.29, 1.82) is 0 Å². The van der Waals surface area contributed by atoms with E-state index >= 15 is 0 Å². The molecule has 0 aliphatic carbocycles. The molecule has 1 nitrogen and oxygen atoms in total. The van der Waals surface area contributed by atoms with Crippen LogP contribution in [-0.4, -0.2) is 13.1 Å². The quantitative estimate of drug-likeness (QED) is 0.514. The zero-order chi connectivity index (χ0) is 7.28. The van der Waals surface area contributed by atoms with Gasteiger partial charge < -0.3 is 0 Å². The normalized spacial score (nSPS) is 14.3. The summed E-state index contributed by atoms with van der Waals surface area (Å²) in [6.45, 7) is 8.56. The van der Waals surface area contributed by atoms with Crippen LogP contribution in [-0.2, 0) is 0 Å². The van der Waals surface area contributed by atoms with Crippen molar-refractivity contribution in [2.45, 2.75) is 46.0 Å². The molecule has 2 heteroatoms. The van der Waals surface area contributed by atoms with E-state index in [4.69, 9.17) is 0 Å². The predicted octanol–water partition coefficient (Wildman–Crippen LogP) is 2.50. The van der Waals surface area contributed by atoms with E-state index in [1.165, 1.54) is 6.42 Å². The molecule has 1 unspecified atom stereocenters. The van der Waals surface area contributed by atoms with Crippen LogP contribution < -0.4 is 0 Å². The number of hydrogen-bond donors (Lipinski definition) is 0. The van der Waals surface area contributed by atoms with Crippen LogP contribution in [0.3, 0.4) is 0 Å². The molecule has 9 heavy (non-hydrogen) atoms. The number of hydrogen-bond acceptors (Lipinski definition) is 1. The van der Waals surface area contributed by atoms with E-state index in [9.17, 15) is 0 Å². The number of rotatable bonds is 3. The molecular weight excluding hydrogens is 109 g/mol. The van der Waals surface area contributed by atoms with Gasteiger partial charge in [-0.1, -0.05) is 0 Å². The summed E-state index contributed by atoms with van der Waals surface area (Å²) in [4.78, 5) is 4.27. The van der Waals surface area contributed by atoms with Gasteiger partial charge in [-0.25, -0.2) is 0 Å². The van der Waals surface area contributed by atoms with Crippen molar-refractivity contribution < 1.29 is 0 Å². The summed E-state index contributed by atoms with van der Waals surface area (Å²) in [7, 11) is 2.05. The van der Waals surface area contributed by atoms with Crippen LogP contribution in [0, 0.1) is 0 Å². The monoisotopic (exact) mass is 125 g/mol. The first-order valence-electron chi connectivity index (χ1n) is 3.70. The standard InChI is InChI=1S/C7H16BN/c1-5-7(4)8-9-6(2)3/h6-7H,5H2,1-4H3. The van der Waals surface area contributed by atoms with Crippen LogP contribution in [0.25, 0.3) is 0 Å². The molecule has 0 N–H and O–H groups in total. The molecule has 1 atom stereocenters. The zero-order valence-electron chi connectivity index (χ0n) is 6.89. The fourth-order valence-electron chi connectivity index (χ4n) is 0.424. The summed E-state index contributed by atoms with van der Waals surface area (Å²) in [5.74, 6) is 0.646. The van der Waals surface area contributed by atoms with Gasteiger partial charge in [0, 0.05) is 0 Å². The first-order chi connectivity index (χ1) is 4.16. The fourth-order valence-corrected chi connectivity index (χ4v) is 0.424. The third-order valence-corrected chi connectivity index (χ3v) is 1.28. The Morgan fingerprint density at radius 2 is 1.89 bits per heavy atom. The Labute approximate surface area is 58.8 Å². The summed E-state index contributed by atoms with van der Waals surface area (Å²) in [6.07, 6.45) is 1.19. The summed E-state index contributed by atoms with van der Waals surface area (Å²) in [5.41, 5.74) is 0. The molecule has 0 aliphatic heterocycles. The van der Waals surface area contributed by atoms with Gasteiger partial charge in [0.25, 0.3) is 0 Å². The minimum absolute atomic E-state index is 0.457. The second-order valence-corrected chi connectivity index (χ2v) is 2.78. The molecule has 0 saturated heterocycles. The molecule has 0 radical (unpaired) electrons. The van der Waals surface area contributed by atoms with Gasteiger partial charge >= 0.3 is 57.9 Å². The maximum atomic E-state index is 4.27. The van der Waals surface area contributed by atoms with Crippen LogP contribution in [0.2, 0.25) is 5.82 Å². The summed E-state index contributed by atoms with van der Waals surface area (Å²) in [5, 5.41) is 0. The fraction of sp³-hybridized carbons (Fsp3) is 1.00. The van der Waals surface area contributed by atoms with Gasteiger partial charge in [0.1, 0.15) is 0 Å². The van der Waals surface area contributed by atoms with Gasteiger partial charge in [-0.15, -0.1) is 0 Å². The van der Waals surface area contributed by atoms with Crippen LogP contribution in [0.15, 0.2) is 4.90 Å². The zero-order valence-corrected chi connectivity index (χ0v) is 6.89. The van der Waals surface area contributed by atoms with Crippen molar-refractivity contribution in [3.63, 3.8) is 0 Å². The van der Waals surface area contributed by atoms with Gasteiger partial charge in [-0.05, 0) is 0 Å². The van der Waals surface area contributed by atoms with Gasteiger partial charge in [-0.3, -0.25) is 0 Å². The van der Waals surface area contributed by atoms with Crippen molar-refractivity contribution in [1.82, 2.24) is 0 Å². The van der Waals surface area contributed by atoms with Gasteiger partial charge in [0.15, 0.2) is 0 Å². The predicted molar refractivity (Wildman–Crippen MR) is 43.0 cm³/mol. The van der Waals surface area contributed by atoms with E-state index in [1.807, 2.05) is 7.07 Å². The van der Waals surface area contributed by atoms with Crippen LogP contribution in [0.5, 0.6) is 0 Å². The van der Waals surface area contributed by atoms with E-state index < -0.39 is 0 Å². The Morgan fingerprint density at radius 3 is 2.22 bits per heavy atom. The van der Waals surface area contributed by atoms with Gasteiger partial charge in [0.2, 0.25) is 0 Å². The van der Waals surface area contributed by atoms with Crippen LogP contribution in [0.4, 0.5) is 0 Å². The molecule has 0 aromatic carbocycles. The Morgan fingerprint density at radius 1 is 1.33 bits per heavy atom. The maximum absolute atomic E-state index is 4.27. The van der Waals surface area contributed by atoms with E-state index in [0.29, 0.717) is 11.9 Å². The average molecular weight is 125 g/mol. The first-order valence-corrected chi connectivity index (χ1v) is 3.70. The van der Waals surface area contributed by atoms with Gasteiger partial charge in [-0.2, -0.15) is 0 Å². The van der Waals surface area contributed by atoms with Crippen molar-refractivity contribution in [2.75, 3.05) is 0 Å². The molecule has 0 saturated carbocycles. The number of nitrogens with zero attached hydrogens (tertiary/aromatic N) is 1. The molecule has 0 fully saturated rings. The Bertz CT molecular complexity index is 88.9. The molecular formula is C7H16BN. The van der Waals surface area contributed by atoms with Crippen molar-refractivity contribution in [2.24, 2.45) is 4.90 Å². The molecule has 0 spiro atoms.